The maximum Gasteiger partial charge on any atom is 0.322 e. The van der Waals surface area contributed by atoms with Crippen molar-refractivity contribution in [1.82, 2.24) is 10.6 Å². The van der Waals surface area contributed by atoms with Crippen LogP contribution in [0.5, 0.6) is 0 Å². The Labute approximate surface area is 173 Å². The number of carbonyl (C=O) groups excluding carboxylic acids is 2. The number of carboxylic acid groups (broad SMARTS) is 1. The fourth-order valence-corrected chi connectivity index (χ4v) is 3.96. The topological polar surface area (TPSA) is 95.5 Å². The summed E-state index contributed by atoms with van der Waals surface area (Å²) in [7, 11) is 0. The number of aryl methyl sites for hydroxylation is 1. The fourth-order valence-electron chi connectivity index (χ4n) is 3.96. The van der Waals surface area contributed by atoms with Crippen molar-refractivity contribution in [3.05, 3.63) is 60.2 Å². The minimum atomic E-state index is -1.12. The molecule has 0 atom stereocenters. The molecule has 4 aromatic rings. The molecule has 152 valence electrons. The van der Waals surface area contributed by atoms with Gasteiger partial charge in [0.2, 0.25) is 11.8 Å². The first kappa shape index (κ1) is 19.6. The molecule has 0 bridgehead atoms. The third-order valence-corrected chi connectivity index (χ3v) is 5.35. The summed E-state index contributed by atoms with van der Waals surface area (Å²) >= 11 is 0. The van der Waals surface area contributed by atoms with Crippen molar-refractivity contribution in [3.63, 3.8) is 0 Å². The van der Waals surface area contributed by atoms with Crippen molar-refractivity contribution in [2.75, 3.05) is 13.1 Å². The van der Waals surface area contributed by atoms with E-state index in [2.05, 4.69) is 65.2 Å². The number of benzene rings is 4. The van der Waals surface area contributed by atoms with E-state index in [4.69, 9.17) is 5.11 Å². The molecule has 0 spiro atoms. The summed E-state index contributed by atoms with van der Waals surface area (Å²) in [5.41, 5.74) is 1.20. The molecule has 4 rings (SSSR count). The molecule has 30 heavy (non-hydrogen) atoms. The highest BCUT2D eigenvalue weighted by atomic mass is 16.4. The van der Waals surface area contributed by atoms with E-state index in [1.807, 2.05) is 0 Å². The van der Waals surface area contributed by atoms with Crippen molar-refractivity contribution in [2.45, 2.75) is 19.3 Å². The normalized spacial score (nSPS) is 11.2. The van der Waals surface area contributed by atoms with Gasteiger partial charge < -0.3 is 15.7 Å². The summed E-state index contributed by atoms with van der Waals surface area (Å²) in [5, 5.41) is 20.7. The molecule has 0 heterocycles. The molecule has 2 amide bonds. The molecule has 0 unspecified atom stereocenters. The molecule has 0 saturated carbocycles. The second-order valence-electron chi connectivity index (χ2n) is 7.38. The number of rotatable bonds is 8. The van der Waals surface area contributed by atoms with E-state index in [-0.39, 0.29) is 12.5 Å². The van der Waals surface area contributed by atoms with Gasteiger partial charge in [-0.15, -0.1) is 0 Å². The van der Waals surface area contributed by atoms with Crippen LogP contribution in [0.25, 0.3) is 32.3 Å². The number of hydrogen-bond donors (Lipinski definition) is 3. The summed E-state index contributed by atoms with van der Waals surface area (Å²) in [6, 6.07) is 19.2. The van der Waals surface area contributed by atoms with Gasteiger partial charge in [0.05, 0.1) is 6.54 Å². The molecule has 0 aliphatic rings. The zero-order chi connectivity index (χ0) is 21.1. The van der Waals surface area contributed by atoms with E-state index in [1.54, 1.807) is 0 Å². The van der Waals surface area contributed by atoms with Crippen LogP contribution in [-0.2, 0) is 20.8 Å². The Morgan fingerprint density at radius 2 is 1.37 bits per heavy atom. The van der Waals surface area contributed by atoms with Gasteiger partial charge in [0.1, 0.15) is 6.54 Å². The Morgan fingerprint density at radius 1 is 0.733 bits per heavy atom. The molecule has 3 N–H and O–H groups in total. The van der Waals surface area contributed by atoms with Gasteiger partial charge in [-0.05, 0) is 50.7 Å². The SMILES string of the molecule is O=C(O)CNC(=O)CNC(=O)CCCc1ccc2ccc3cccc4ccc1c2c34. The zero-order valence-corrected chi connectivity index (χ0v) is 16.4. The van der Waals surface area contributed by atoms with E-state index < -0.39 is 18.4 Å². The van der Waals surface area contributed by atoms with Crippen LogP contribution in [0.3, 0.4) is 0 Å². The average molecular weight is 402 g/mol. The second kappa shape index (κ2) is 8.37. The maximum absolute atomic E-state index is 12.0. The standard InChI is InChI=1S/C24H22N2O4/c27-20(25-13-21(28)26-14-22(29)30)6-2-3-15-7-8-18-10-9-16-4-1-5-17-11-12-19(15)24(18)23(16)17/h1,4-5,7-12H,2-3,6,13-14H2,(H,25,27)(H,26,28)(H,29,30). The molecule has 0 aromatic heterocycles. The third-order valence-electron chi connectivity index (χ3n) is 5.35. The van der Waals surface area contributed by atoms with Gasteiger partial charge in [-0.1, -0.05) is 54.6 Å². The maximum atomic E-state index is 12.0. The monoisotopic (exact) mass is 402 g/mol. The lowest BCUT2D eigenvalue weighted by Gasteiger charge is -2.14. The lowest BCUT2D eigenvalue weighted by molar-refractivity contribution is -0.137. The highest BCUT2D eigenvalue weighted by Gasteiger charge is 2.11. The summed E-state index contributed by atoms with van der Waals surface area (Å²) in [6.07, 6.45) is 1.72. The van der Waals surface area contributed by atoms with Gasteiger partial charge >= 0.3 is 5.97 Å². The first-order valence-corrected chi connectivity index (χ1v) is 9.93. The molecule has 0 saturated heterocycles. The molecule has 0 radical (unpaired) electrons. The largest absolute Gasteiger partial charge is 0.480 e. The molecule has 0 aliphatic carbocycles. The molecule has 4 aromatic carbocycles. The Hall–Kier alpha value is -3.67. The van der Waals surface area contributed by atoms with E-state index in [9.17, 15) is 14.4 Å². The van der Waals surface area contributed by atoms with Gasteiger partial charge in [-0.3, -0.25) is 14.4 Å². The molecular formula is C24H22N2O4. The highest BCUT2D eigenvalue weighted by molar-refractivity contribution is 6.23. The van der Waals surface area contributed by atoms with Crippen LogP contribution in [0.15, 0.2) is 54.6 Å². The Bertz CT molecular complexity index is 1230. The lowest BCUT2D eigenvalue weighted by Crippen LogP contribution is -2.38. The van der Waals surface area contributed by atoms with Gasteiger partial charge in [0.15, 0.2) is 0 Å². The quantitative estimate of drug-likeness (QED) is 0.394. The third kappa shape index (κ3) is 4.03. The van der Waals surface area contributed by atoms with Crippen LogP contribution in [-0.4, -0.2) is 36.0 Å². The lowest BCUT2D eigenvalue weighted by atomic mass is 9.90. The van der Waals surface area contributed by atoms with Crippen molar-refractivity contribution in [1.29, 1.82) is 0 Å². The smallest absolute Gasteiger partial charge is 0.322 e. The Kier molecular flexibility index (Phi) is 5.48. The van der Waals surface area contributed by atoms with Crippen molar-refractivity contribution < 1.29 is 19.5 Å². The van der Waals surface area contributed by atoms with E-state index in [0.29, 0.717) is 12.8 Å². The summed E-state index contributed by atoms with van der Waals surface area (Å²) < 4.78 is 0. The molecule has 6 heteroatoms. The minimum absolute atomic E-state index is 0.217. The molecule has 0 aliphatic heterocycles. The van der Waals surface area contributed by atoms with E-state index in [0.717, 1.165) is 6.42 Å². The number of carboxylic acids is 1. The zero-order valence-electron chi connectivity index (χ0n) is 16.4. The molecule has 6 nitrogen and oxygen atoms in total. The van der Waals surface area contributed by atoms with Gasteiger partial charge in [-0.25, -0.2) is 0 Å². The van der Waals surface area contributed by atoms with Crippen LogP contribution in [0.4, 0.5) is 0 Å². The van der Waals surface area contributed by atoms with Crippen LogP contribution in [0.2, 0.25) is 0 Å². The molecule has 0 fully saturated rings. The van der Waals surface area contributed by atoms with Gasteiger partial charge in [-0.2, -0.15) is 0 Å². The van der Waals surface area contributed by atoms with E-state index in [1.165, 1.54) is 37.9 Å². The van der Waals surface area contributed by atoms with Crippen LogP contribution in [0, 0.1) is 0 Å². The van der Waals surface area contributed by atoms with Gasteiger partial charge in [0, 0.05) is 6.42 Å². The first-order valence-electron chi connectivity index (χ1n) is 9.93. The minimum Gasteiger partial charge on any atom is -0.480 e. The molecular weight excluding hydrogens is 380 g/mol. The second-order valence-corrected chi connectivity index (χ2v) is 7.38. The summed E-state index contributed by atoms with van der Waals surface area (Å²) in [4.78, 5) is 33.9. The fraction of sp³-hybridized carbons (Fsp3) is 0.208. The highest BCUT2D eigenvalue weighted by Crippen LogP contribution is 2.36. The van der Waals surface area contributed by atoms with Crippen LogP contribution >= 0.6 is 0 Å². The van der Waals surface area contributed by atoms with Crippen molar-refractivity contribution >= 4 is 50.1 Å². The average Bonchev–Trinajstić information content (AvgIpc) is 2.75. The Morgan fingerprint density at radius 3 is 2.10 bits per heavy atom. The number of aliphatic carboxylic acids is 1. The van der Waals surface area contributed by atoms with Crippen molar-refractivity contribution in [3.8, 4) is 0 Å². The van der Waals surface area contributed by atoms with E-state index >= 15 is 0 Å². The van der Waals surface area contributed by atoms with Crippen LogP contribution < -0.4 is 10.6 Å². The summed E-state index contributed by atoms with van der Waals surface area (Å²) in [5.74, 6) is -1.86. The number of hydrogen-bond acceptors (Lipinski definition) is 3. The Balaban J connectivity index is 1.41. The number of nitrogens with one attached hydrogen (secondary N) is 2. The number of carbonyl (C=O) groups is 3. The predicted molar refractivity (Wildman–Crippen MR) is 117 cm³/mol. The first-order chi connectivity index (χ1) is 14.5. The van der Waals surface area contributed by atoms with Crippen LogP contribution in [0.1, 0.15) is 18.4 Å². The summed E-state index contributed by atoms with van der Waals surface area (Å²) in [6.45, 7) is -0.672. The number of amides is 2. The van der Waals surface area contributed by atoms with Gasteiger partial charge in [0.25, 0.3) is 0 Å². The predicted octanol–water partition coefficient (Wildman–Crippen LogP) is 3.22. The van der Waals surface area contributed by atoms with Crippen molar-refractivity contribution in [2.24, 2.45) is 0 Å².